The summed E-state index contributed by atoms with van der Waals surface area (Å²) in [7, 11) is 1.43. The second kappa shape index (κ2) is 5.73. The van der Waals surface area contributed by atoms with E-state index in [9.17, 15) is 14.3 Å². The lowest BCUT2D eigenvalue weighted by Gasteiger charge is -2.11. The maximum Gasteiger partial charge on any atom is 0.341 e. The Bertz CT molecular complexity index is 657. The molecule has 6 heteroatoms. The van der Waals surface area contributed by atoms with Crippen LogP contribution >= 0.6 is 0 Å². The molecule has 0 saturated carbocycles. The van der Waals surface area contributed by atoms with Crippen molar-refractivity contribution in [1.82, 2.24) is 4.98 Å². The Morgan fingerprint density at radius 2 is 2.20 bits per heavy atom. The van der Waals surface area contributed by atoms with E-state index in [1.807, 2.05) is 6.92 Å². The Morgan fingerprint density at radius 3 is 2.80 bits per heavy atom. The van der Waals surface area contributed by atoms with Gasteiger partial charge < -0.3 is 14.6 Å². The maximum atomic E-state index is 13.8. The molecule has 1 aromatic carbocycles. The van der Waals surface area contributed by atoms with Crippen LogP contribution in [0.2, 0.25) is 0 Å². The third kappa shape index (κ3) is 2.49. The molecule has 0 fully saturated rings. The summed E-state index contributed by atoms with van der Waals surface area (Å²) >= 11 is 0. The van der Waals surface area contributed by atoms with Gasteiger partial charge in [0.2, 0.25) is 5.88 Å². The minimum atomic E-state index is -1.18. The molecule has 0 radical (unpaired) electrons. The molecule has 0 aliphatic heterocycles. The number of rotatable bonds is 5. The van der Waals surface area contributed by atoms with Gasteiger partial charge in [-0.2, -0.15) is 0 Å². The molecule has 0 aliphatic rings. The van der Waals surface area contributed by atoms with Crippen molar-refractivity contribution < 1.29 is 23.8 Å². The number of carboxylic acid groups (broad SMARTS) is 1. The number of ether oxygens (including phenoxy) is 2. The maximum absolute atomic E-state index is 13.8. The first-order chi connectivity index (χ1) is 9.58. The Labute approximate surface area is 115 Å². The molecule has 0 amide bonds. The Balaban J connectivity index is 2.70. The fraction of sp³-hybridized carbons (Fsp3) is 0.286. The molecular weight excluding hydrogens is 265 g/mol. The third-order valence-corrected chi connectivity index (χ3v) is 2.75. The Kier molecular flexibility index (Phi) is 4.02. The number of carboxylic acids is 1. The molecule has 0 saturated heterocycles. The van der Waals surface area contributed by atoms with Gasteiger partial charge >= 0.3 is 5.97 Å². The molecule has 0 aliphatic carbocycles. The molecule has 20 heavy (non-hydrogen) atoms. The van der Waals surface area contributed by atoms with Gasteiger partial charge in [0.1, 0.15) is 22.6 Å². The van der Waals surface area contributed by atoms with E-state index in [1.54, 1.807) is 0 Å². The quantitative estimate of drug-likeness (QED) is 0.911. The lowest BCUT2D eigenvalue weighted by molar-refractivity contribution is 0.0691. The van der Waals surface area contributed by atoms with Gasteiger partial charge in [-0.05, 0) is 24.6 Å². The van der Waals surface area contributed by atoms with Crippen molar-refractivity contribution in [2.45, 2.75) is 13.3 Å². The number of hydrogen-bond donors (Lipinski definition) is 1. The zero-order valence-electron chi connectivity index (χ0n) is 11.1. The van der Waals surface area contributed by atoms with Crippen LogP contribution in [0.15, 0.2) is 18.2 Å². The minimum Gasteiger partial charge on any atom is -0.496 e. The van der Waals surface area contributed by atoms with Gasteiger partial charge in [0, 0.05) is 5.39 Å². The van der Waals surface area contributed by atoms with Crippen LogP contribution in [-0.4, -0.2) is 29.8 Å². The van der Waals surface area contributed by atoms with Crippen molar-refractivity contribution in [3.05, 3.63) is 29.6 Å². The van der Waals surface area contributed by atoms with E-state index < -0.39 is 11.8 Å². The van der Waals surface area contributed by atoms with E-state index in [2.05, 4.69) is 4.98 Å². The number of aromatic carboxylic acids is 1. The molecule has 2 aromatic rings. The zero-order chi connectivity index (χ0) is 14.7. The molecule has 1 heterocycles. The highest BCUT2D eigenvalue weighted by Crippen LogP contribution is 2.31. The molecule has 0 unspecified atom stereocenters. The Hall–Kier alpha value is -2.37. The number of methoxy groups -OCH3 is 1. The standard InChI is InChI=1S/C14H14FNO4/c1-3-6-20-13-9(14(17)18)7-8-11(19-2)5-4-10(15)12(8)16-13/h4-5,7H,3,6H2,1-2H3,(H,17,18). The molecule has 0 bridgehead atoms. The van der Waals surface area contributed by atoms with E-state index in [0.29, 0.717) is 24.2 Å². The smallest absolute Gasteiger partial charge is 0.341 e. The van der Waals surface area contributed by atoms with Crippen LogP contribution in [-0.2, 0) is 0 Å². The largest absolute Gasteiger partial charge is 0.496 e. The summed E-state index contributed by atoms with van der Waals surface area (Å²) in [5.41, 5.74) is -0.0877. The number of nitrogens with zero attached hydrogens (tertiary/aromatic N) is 1. The third-order valence-electron chi connectivity index (χ3n) is 2.75. The van der Waals surface area contributed by atoms with Crippen molar-refractivity contribution in [1.29, 1.82) is 0 Å². The van der Waals surface area contributed by atoms with Gasteiger partial charge in [0.05, 0.1) is 13.7 Å². The number of hydrogen-bond acceptors (Lipinski definition) is 4. The minimum absolute atomic E-state index is 0.0282. The molecular formula is C14H14FNO4. The summed E-state index contributed by atoms with van der Waals surface area (Å²) in [5.74, 6) is -1.46. The zero-order valence-corrected chi connectivity index (χ0v) is 11.1. The summed E-state index contributed by atoms with van der Waals surface area (Å²) < 4.78 is 24.2. The topological polar surface area (TPSA) is 68.7 Å². The van der Waals surface area contributed by atoms with Crippen molar-refractivity contribution in [3.63, 3.8) is 0 Å². The van der Waals surface area contributed by atoms with Crippen LogP contribution in [0, 0.1) is 5.82 Å². The van der Waals surface area contributed by atoms with Crippen molar-refractivity contribution in [3.8, 4) is 11.6 Å². The highest BCUT2D eigenvalue weighted by atomic mass is 19.1. The lowest BCUT2D eigenvalue weighted by atomic mass is 10.1. The second-order valence-electron chi connectivity index (χ2n) is 4.14. The lowest BCUT2D eigenvalue weighted by Crippen LogP contribution is -2.07. The molecule has 106 valence electrons. The highest BCUT2D eigenvalue weighted by Gasteiger charge is 2.18. The van der Waals surface area contributed by atoms with E-state index in [1.165, 1.54) is 25.3 Å². The molecule has 0 atom stereocenters. The van der Waals surface area contributed by atoms with Crippen molar-refractivity contribution >= 4 is 16.9 Å². The predicted octanol–water partition coefficient (Wildman–Crippen LogP) is 2.87. The summed E-state index contributed by atoms with van der Waals surface area (Å²) in [6.07, 6.45) is 0.694. The van der Waals surface area contributed by atoms with E-state index >= 15 is 0 Å². The average molecular weight is 279 g/mol. The number of pyridine rings is 1. The number of fused-ring (bicyclic) bond motifs is 1. The fourth-order valence-electron chi connectivity index (χ4n) is 1.82. The fourth-order valence-corrected chi connectivity index (χ4v) is 1.82. The monoisotopic (exact) mass is 279 g/mol. The summed E-state index contributed by atoms with van der Waals surface area (Å²) in [4.78, 5) is 15.2. The highest BCUT2D eigenvalue weighted by molar-refractivity contribution is 5.97. The van der Waals surface area contributed by atoms with Gasteiger partial charge in [-0.25, -0.2) is 14.2 Å². The SMILES string of the molecule is CCCOc1nc2c(F)ccc(OC)c2cc1C(=O)O. The molecule has 1 aromatic heterocycles. The number of halogens is 1. The van der Waals surface area contributed by atoms with E-state index in [4.69, 9.17) is 9.47 Å². The molecule has 0 spiro atoms. The van der Waals surface area contributed by atoms with Crippen molar-refractivity contribution in [2.24, 2.45) is 0 Å². The van der Waals surface area contributed by atoms with Crippen LogP contribution in [0.5, 0.6) is 11.6 Å². The molecule has 2 rings (SSSR count). The second-order valence-corrected chi connectivity index (χ2v) is 4.14. The van der Waals surface area contributed by atoms with Gasteiger partial charge in [0.15, 0.2) is 0 Å². The molecule has 5 nitrogen and oxygen atoms in total. The predicted molar refractivity (Wildman–Crippen MR) is 71.0 cm³/mol. The summed E-state index contributed by atoms with van der Waals surface area (Å²) in [5, 5.41) is 9.50. The first-order valence-electron chi connectivity index (χ1n) is 6.11. The summed E-state index contributed by atoms with van der Waals surface area (Å²) in [6, 6.07) is 3.97. The number of benzene rings is 1. The number of carbonyl (C=O) groups is 1. The summed E-state index contributed by atoms with van der Waals surface area (Å²) in [6.45, 7) is 2.19. The van der Waals surface area contributed by atoms with E-state index in [-0.39, 0.29) is 17.0 Å². The van der Waals surface area contributed by atoms with Gasteiger partial charge in [-0.15, -0.1) is 0 Å². The van der Waals surface area contributed by atoms with E-state index in [0.717, 1.165) is 0 Å². The first-order valence-corrected chi connectivity index (χ1v) is 6.11. The van der Waals surface area contributed by atoms with Gasteiger partial charge in [0.25, 0.3) is 0 Å². The number of aromatic nitrogens is 1. The van der Waals surface area contributed by atoms with Crippen molar-refractivity contribution in [2.75, 3.05) is 13.7 Å². The van der Waals surface area contributed by atoms with Gasteiger partial charge in [-0.3, -0.25) is 0 Å². The first kappa shape index (κ1) is 14.0. The van der Waals surface area contributed by atoms with Crippen LogP contribution in [0.3, 0.4) is 0 Å². The van der Waals surface area contributed by atoms with Crippen LogP contribution in [0.25, 0.3) is 10.9 Å². The van der Waals surface area contributed by atoms with Gasteiger partial charge in [-0.1, -0.05) is 6.92 Å². The normalized spacial score (nSPS) is 10.6. The average Bonchev–Trinajstić information content (AvgIpc) is 2.45. The van der Waals surface area contributed by atoms with Crippen LogP contribution in [0.4, 0.5) is 4.39 Å². The van der Waals surface area contributed by atoms with Crippen LogP contribution in [0.1, 0.15) is 23.7 Å². The van der Waals surface area contributed by atoms with Crippen LogP contribution < -0.4 is 9.47 Å². The Morgan fingerprint density at radius 1 is 1.45 bits per heavy atom. The molecule has 1 N–H and O–H groups in total.